The van der Waals surface area contributed by atoms with Gasteiger partial charge in [0.1, 0.15) is 0 Å². The average Bonchev–Trinajstić information content (AvgIpc) is 2.21. The van der Waals surface area contributed by atoms with Crippen LogP contribution in [-0.4, -0.2) is 23.9 Å². The maximum atomic E-state index is 9.44. The quantitative estimate of drug-likeness (QED) is 0.582. The van der Waals surface area contributed by atoms with Crippen LogP contribution in [0.15, 0.2) is 0 Å². The van der Waals surface area contributed by atoms with Crippen molar-refractivity contribution in [1.82, 2.24) is 0 Å². The van der Waals surface area contributed by atoms with E-state index >= 15 is 0 Å². The second kappa shape index (κ2) is 9.47. The first-order valence-corrected chi connectivity index (χ1v) is 6.02. The van der Waals surface area contributed by atoms with Crippen LogP contribution in [0.3, 0.4) is 0 Å². The summed E-state index contributed by atoms with van der Waals surface area (Å²) in [5.41, 5.74) is 0. The van der Waals surface area contributed by atoms with Crippen molar-refractivity contribution in [3.8, 4) is 0 Å². The van der Waals surface area contributed by atoms with Crippen LogP contribution in [0.4, 0.5) is 0 Å². The predicted molar refractivity (Wildman–Crippen MR) is 60.5 cm³/mol. The molecule has 0 aromatic rings. The Hall–Kier alpha value is -0.0800. The van der Waals surface area contributed by atoms with Crippen LogP contribution in [0.25, 0.3) is 0 Å². The number of unbranched alkanes of at least 4 members (excludes halogenated alkanes) is 4. The van der Waals surface area contributed by atoms with Gasteiger partial charge in [0.25, 0.3) is 0 Å². The molecule has 0 aromatic heterocycles. The van der Waals surface area contributed by atoms with Crippen LogP contribution in [-0.2, 0) is 4.74 Å². The molecule has 0 saturated heterocycles. The van der Waals surface area contributed by atoms with Crippen molar-refractivity contribution in [1.29, 1.82) is 0 Å². The molecule has 0 saturated carbocycles. The van der Waals surface area contributed by atoms with E-state index in [9.17, 15) is 5.11 Å². The number of rotatable bonds is 9. The van der Waals surface area contributed by atoms with E-state index in [1.165, 1.54) is 25.7 Å². The predicted octanol–water partition coefficient (Wildman–Crippen LogP) is 3.13. The molecule has 0 fully saturated rings. The molecule has 0 aromatic carbocycles. The maximum Gasteiger partial charge on any atom is 0.0805 e. The van der Waals surface area contributed by atoms with Gasteiger partial charge < -0.3 is 9.84 Å². The van der Waals surface area contributed by atoms with Crippen LogP contribution in [0.2, 0.25) is 0 Å². The molecule has 0 spiro atoms. The summed E-state index contributed by atoms with van der Waals surface area (Å²) in [7, 11) is 0. The van der Waals surface area contributed by atoms with Crippen molar-refractivity contribution in [3.05, 3.63) is 0 Å². The largest absolute Gasteiger partial charge is 0.390 e. The molecule has 1 N–H and O–H groups in total. The number of hydrogen-bond donors (Lipinski definition) is 1. The summed E-state index contributed by atoms with van der Waals surface area (Å²) in [6.45, 7) is 6.93. The average molecular weight is 202 g/mol. The van der Waals surface area contributed by atoms with Gasteiger partial charge in [0, 0.05) is 6.61 Å². The highest BCUT2D eigenvalue weighted by Crippen LogP contribution is 2.06. The Labute approximate surface area is 88.7 Å². The standard InChI is InChI=1S/C12H26O2/c1-4-6-7-8-9-10-14-11(3)12(13)5-2/h11-13H,4-10H2,1-3H3. The van der Waals surface area contributed by atoms with E-state index in [2.05, 4.69) is 6.92 Å². The number of ether oxygens (including phenoxy) is 1. The van der Waals surface area contributed by atoms with Gasteiger partial charge in [-0.3, -0.25) is 0 Å². The van der Waals surface area contributed by atoms with Crippen LogP contribution >= 0.6 is 0 Å². The van der Waals surface area contributed by atoms with Gasteiger partial charge in [0.05, 0.1) is 12.2 Å². The summed E-state index contributed by atoms with van der Waals surface area (Å²) in [5, 5.41) is 9.44. The van der Waals surface area contributed by atoms with Gasteiger partial charge in [-0.05, 0) is 19.8 Å². The minimum atomic E-state index is -0.300. The topological polar surface area (TPSA) is 29.5 Å². The Morgan fingerprint density at radius 3 is 2.29 bits per heavy atom. The van der Waals surface area contributed by atoms with E-state index in [0.717, 1.165) is 19.4 Å². The molecule has 0 amide bonds. The molecular weight excluding hydrogens is 176 g/mol. The molecular formula is C12H26O2. The van der Waals surface area contributed by atoms with Crippen LogP contribution in [0, 0.1) is 0 Å². The van der Waals surface area contributed by atoms with E-state index in [-0.39, 0.29) is 12.2 Å². The van der Waals surface area contributed by atoms with Gasteiger partial charge in [-0.2, -0.15) is 0 Å². The lowest BCUT2D eigenvalue weighted by molar-refractivity contribution is -0.0288. The number of aliphatic hydroxyl groups is 1. The highest BCUT2D eigenvalue weighted by molar-refractivity contribution is 4.61. The van der Waals surface area contributed by atoms with E-state index in [0.29, 0.717) is 0 Å². The molecule has 0 aliphatic carbocycles. The second-order valence-electron chi connectivity index (χ2n) is 3.97. The first-order chi connectivity index (χ1) is 6.72. The molecule has 14 heavy (non-hydrogen) atoms. The normalized spacial score (nSPS) is 15.4. The van der Waals surface area contributed by atoms with Gasteiger partial charge in [-0.15, -0.1) is 0 Å². The molecule has 2 heteroatoms. The van der Waals surface area contributed by atoms with E-state index in [1.54, 1.807) is 0 Å². The smallest absolute Gasteiger partial charge is 0.0805 e. The van der Waals surface area contributed by atoms with Crippen molar-refractivity contribution < 1.29 is 9.84 Å². The summed E-state index contributed by atoms with van der Waals surface area (Å²) in [6.07, 6.45) is 6.76. The Morgan fingerprint density at radius 1 is 1.07 bits per heavy atom. The minimum absolute atomic E-state index is 0.00817. The fourth-order valence-corrected chi connectivity index (χ4v) is 1.42. The van der Waals surface area contributed by atoms with Crippen molar-refractivity contribution in [2.45, 2.75) is 71.5 Å². The Bertz CT molecular complexity index is 115. The van der Waals surface area contributed by atoms with Gasteiger partial charge in [-0.1, -0.05) is 39.5 Å². The lowest BCUT2D eigenvalue weighted by Gasteiger charge is -2.17. The Kier molecular flexibility index (Phi) is 9.42. The molecule has 2 atom stereocenters. The van der Waals surface area contributed by atoms with Crippen LogP contribution < -0.4 is 0 Å². The van der Waals surface area contributed by atoms with E-state index < -0.39 is 0 Å². The lowest BCUT2D eigenvalue weighted by atomic mass is 10.1. The van der Waals surface area contributed by atoms with Gasteiger partial charge in [-0.25, -0.2) is 0 Å². The highest BCUT2D eigenvalue weighted by atomic mass is 16.5. The summed E-state index contributed by atoms with van der Waals surface area (Å²) >= 11 is 0. The van der Waals surface area contributed by atoms with Crippen LogP contribution in [0.5, 0.6) is 0 Å². The molecule has 0 bridgehead atoms. The van der Waals surface area contributed by atoms with Gasteiger partial charge in [0.15, 0.2) is 0 Å². The van der Waals surface area contributed by atoms with E-state index in [4.69, 9.17) is 4.74 Å². The van der Waals surface area contributed by atoms with Crippen molar-refractivity contribution >= 4 is 0 Å². The maximum absolute atomic E-state index is 9.44. The highest BCUT2D eigenvalue weighted by Gasteiger charge is 2.11. The third-order valence-electron chi connectivity index (χ3n) is 2.59. The van der Waals surface area contributed by atoms with Gasteiger partial charge >= 0.3 is 0 Å². The zero-order chi connectivity index (χ0) is 10.8. The van der Waals surface area contributed by atoms with Crippen LogP contribution in [0.1, 0.15) is 59.3 Å². The Balaban J connectivity index is 3.18. The molecule has 2 unspecified atom stereocenters. The van der Waals surface area contributed by atoms with Gasteiger partial charge in [0.2, 0.25) is 0 Å². The monoisotopic (exact) mass is 202 g/mol. The first-order valence-electron chi connectivity index (χ1n) is 6.02. The molecule has 2 nitrogen and oxygen atoms in total. The Morgan fingerprint density at radius 2 is 1.71 bits per heavy atom. The molecule has 0 radical (unpaired) electrons. The molecule has 0 aliphatic heterocycles. The second-order valence-corrected chi connectivity index (χ2v) is 3.97. The van der Waals surface area contributed by atoms with Crippen molar-refractivity contribution in [2.75, 3.05) is 6.61 Å². The number of aliphatic hydroxyl groups excluding tert-OH is 1. The summed E-state index contributed by atoms with van der Waals surface area (Å²) in [5.74, 6) is 0. The lowest BCUT2D eigenvalue weighted by Crippen LogP contribution is -2.25. The van der Waals surface area contributed by atoms with Crippen molar-refractivity contribution in [2.24, 2.45) is 0 Å². The molecule has 0 heterocycles. The third kappa shape index (κ3) is 7.34. The fraction of sp³-hybridized carbons (Fsp3) is 1.00. The third-order valence-corrected chi connectivity index (χ3v) is 2.59. The molecule has 0 rings (SSSR count). The molecule has 0 aliphatic rings. The van der Waals surface area contributed by atoms with E-state index in [1.807, 2.05) is 13.8 Å². The summed E-state index contributed by atoms with van der Waals surface area (Å²) in [4.78, 5) is 0. The minimum Gasteiger partial charge on any atom is -0.390 e. The zero-order valence-electron chi connectivity index (χ0n) is 9.96. The first kappa shape index (κ1) is 13.9. The zero-order valence-corrected chi connectivity index (χ0v) is 9.96. The SMILES string of the molecule is CCCCCCCOC(C)C(O)CC. The summed E-state index contributed by atoms with van der Waals surface area (Å²) < 4.78 is 5.52. The fourth-order valence-electron chi connectivity index (χ4n) is 1.42. The summed E-state index contributed by atoms with van der Waals surface area (Å²) in [6, 6.07) is 0. The molecule has 86 valence electrons. The number of hydrogen-bond acceptors (Lipinski definition) is 2. The van der Waals surface area contributed by atoms with Crippen molar-refractivity contribution in [3.63, 3.8) is 0 Å².